The van der Waals surface area contributed by atoms with E-state index < -0.39 is 47.5 Å². The molecule has 0 spiro atoms. The van der Waals surface area contributed by atoms with Gasteiger partial charge in [0.05, 0.1) is 7.11 Å². The number of ether oxygens (including phenoxy) is 1. The highest BCUT2D eigenvalue weighted by Gasteiger charge is 2.41. The fourth-order valence-corrected chi connectivity index (χ4v) is 6.00. The number of urea groups is 1. The van der Waals surface area contributed by atoms with Gasteiger partial charge in [0, 0.05) is 33.1 Å². The lowest BCUT2D eigenvalue weighted by Crippen LogP contribution is -2.61. The van der Waals surface area contributed by atoms with E-state index in [2.05, 4.69) is 16.0 Å². The Balaban J connectivity index is 1.76. The number of carbonyl (C=O) groups is 5. The van der Waals surface area contributed by atoms with Crippen LogP contribution in [0.15, 0.2) is 60.7 Å². The van der Waals surface area contributed by atoms with Gasteiger partial charge >= 0.3 is 12.0 Å². The SMILES string of the molecule is COC(=O)C1(N)CCN(C(=O)[C@@H](CCCCN)NC(=O)[C@@H](CC(C)C)NC(=O)[C@@H](Cc2ccccc2)NC(=O)N(C)Cc2ccccc2)CC1. The first kappa shape index (κ1) is 39.9. The van der Waals surface area contributed by atoms with Gasteiger partial charge in [-0.15, -0.1) is 0 Å². The van der Waals surface area contributed by atoms with Crippen LogP contribution in [-0.2, 0) is 36.9 Å². The summed E-state index contributed by atoms with van der Waals surface area (Å²) in [5.74, 6) is -1.79. The predicted molar refractivity (Wildman–Crippen MR) is 191 cm³/mol. The molecule has 1 saturated heterocycles. The number of esters is 1. The topological polar surface area (TPSA) is 189 Å². The summed E-state index contributed by atoms with van der Waals surface area (Å²) in [4.78, 5) is 70.2. The number of hydrogen-bond acceptors (Lipinski definition) is 8. The maximum atomic E-state index is 13.9. The van der Waals surface area contributed by atoms with Crippen LogP contribution < -0.4 is 27.4 Å². The Kier molecular flexibility index (Phi) is 15.7. The third-order valence-electron chi connectivity index (χ3n) is 8.97. The van der Waals surface area contributed by atoms with E-state index >= 15 is 0 Å². The van der Waals surface area contributed by atoms with Gasteiger partial charge < -0.3 is 42.0 Å². The molecule has 0 bridgehead atoms. The Morgan fingerprint density at radius 2 is 1.40 bits per heavy atom. The van der Waals surface area contributed by atoms with E-state index in [0.29, 0.717) is 38.8 Å². The lowest BCUT2D eigenvalue weighted by atomic mass is 9.88. The van der Waals surface area contributed by atoms with Crippen LogP contribution in [0, 0.1) is 5.92 Å². The fourth-order valence-electron chi connectivity index (χ4n) is 6.00. The van der Waals surface area contributed by atoms with Gasteiger partial charge in [-0.2, -0.15) is 0 Å². The van der Waals surface area contributed by atoms with E-state index in [1.807, 2.05) is 74.5 Å². The molecule has 1 aliphatic rings. The summed E-state index contributed by atoms with van der Waals surface area (Å²) in [5, 5.41) is 8.66. The molecule has 2 aromatic carbocycles. The van der Waals surface area contributed by atoms with Crippen LogP contribution in [0.4, 0.5) is 4.79 Å². The number of methoxy groups -OCH3 is 1. The quantitative estimate of drug-likeness (QED) is 0.123. The van der Waals surface area contributed by atoms with E-state index in [0.717, 1.165) is 11.1 Å². The minimum absolute atomic E-state index is 0.0229. The third kappa shape index (κ3) is 12.1. The van der Waals surface area contributed by atoms with Crippen LogP contribution in [0.25, 0.3) is 0 Å². The van der Waals surface area contributed by atoms with Crippen LogP contribution in [0.5, 0.6) is 0 Å². The van der Waals surface area contributed by atoms with Crippen molar-refractivity contribution in [3.63, 3.8) is 0 Å². The van der Waals surface area contributed by atoms with Crippen molar-refractivity contribution >= 4 is 29.7 Å². The minimum Gasteiger partial charge on any atom is -0.468 e. The maximum absolute atomic E-state index is 13.9. The second-order valence-corrected chi connectivity index (χ2v) is 13.5. The molecule has 274 valence electrons. The highest BCUT2D eigenvalue weighted by molar-refractivity contribution is 5.94. The molecule has 0 radical (unpaired) electrons. The summed E-state index contributed by atoms with van der Waals surface area (Å²) in [6, 6.07) is 15.6. The molecule has 3 rings (SSSR count). The van der Waals surface area contributed by atoms with E-state index in [1.165, 1.54) is 12.0 Å². The lowest BCUT2D eigenvalue weighted by molar-refractivity contribution is -0.151. The van der Waals surface area contributed by atoms with Crippen LogP contribution >= 0.6 is 0 Å². The van der Waals surface area contributed by atoms with Crippen LogP contribution in [0.1, 0.15) is 63.5 Å². The zero-order valence-corrected chi connectivity index (χ0v) is 29.9. The first-order chi connectivity index (χ1) is 23.9. The van der Waals surface area contributed by atoms with Gasteiger partial charge in [0.25, 0.3) is 0 Å². The molecular formula is C37H55N7O6. The first-order valence-corrected chi connectivity index (χ1v) is 17.4. The predicted octanol–water partition coefficient (Wildman–Crippen LogP) is 2.08. The van der Waals surface area contributed by atoms with Crippen molar-refractivity contribution in [3.8, 4) is 0 Å². The second-order valence-electron chi connectivity index (χ2n) is 13.5. The fraction of sp³-hybridized carbons (Fsp3) is 0.541. The van der Waals surface area contributed by atoms with Gasteiger partial charge in [0.1, 0.15) is 23.7 Å². The number of rotatable bonds is 17. The molecular weight excluding hydrogens is 638 g/mol. The minimum atomic E-state index is -1.17. The number of carbonyl (C=O) groups excluding carboxylic acids is 5. The zero-order chi connectivity index (χ0) is 36.7. The van der Waals surface area contributed by atoms with Crippen LogP contribution in [0.2, 0.25) is 0 Å². The Morgan fingerprint density at radius 3 is 1.96 bits per heavy atom. The van der Waals surface area contributed by atoms with Crippen molar-refractivity contribution in [1.82, 2.24) is 25.8 Å². The van der Waals surface area contributed by atoms with Crippen molar-refractivity contribution in [2.75, 3.05) is 33.8 Å². The van der Waals surface area contributed by atoms with E-state index in [1.54, 1.807) is 11.9 Å². The Hall–Kier alpha value is -4.49. The molecule has 1 aliphatic heterocycles. The van der Waals surface area contributed by atoms with Crippen LogP contribution in [0.3, 0.4) is 0 Å². The lowest BCUT2D eigenvalue weighted by Gasteiger charge is -2.38. The Labute approximate surface area is 295 Å². The molecule has 13 heteroatoms. The number of hydrogen-bond donors (Lipinski definition) is 5. The highest BCUT2D eigenvalue weighted by Crippen LogP contribution is 2.22. The normalized spacial score (nSPS) is 15.7. The summed E-state index contributed by atoms with van der Waals surface area (Å²) < 4.78 is 4.85. The van der Waals surface area contributed by atoms with Gasteiger partial charge in [0.15, 0.2) is 0 Å². The van der Waals surface area contributed by atoms with Crippen molar-refractivity contribution in [3.05, 3.63) is 71.8 Å². The van der Waals surface area contributed by atoms with Crippen molar-refractivity contribution < 1.29 is 28.7 Å². The van der Waals surface area contributed by atoms with Crippen molar-refractivity contribution in [2.45, 2.75) is 89.0 Å². The molecule has 0 aromatic heterocycles. The van der Waals surface area contributed by atoms with E-state index in [4.69, 9.17) is 16.2 Å². The van der Waals surface area contributed by atoms with Gasteiger partial charge in [-0.3, -0.25) is 19.2 Å². The molecule has 7 N–H and O–H groups in total. The number of nitrogens with one attached hydrogen (secondary N) is 3. The average molecular weight is 694 g/mol. The number of nitrogens with zero attached hydrogens (tertiary/aromatic N) is 2. The number of nitrogens with two attached hydrogens (primary N) is 2. The van der Waals surface area contributed by atoms with Gasteiger partial charge in [0.2, 0.25) is 17.7 Å². The molecule has 3 atom stereocenters. The number of likely N-dealkylation sites (tertiary alicyclic amines) is 1. The Bertz CT molecular complexity index is 1400. The molecule has 13 nitrogen and oxygen atoms in total. The summed E-state index contributed by atoms with van der Waals surface area (Å²) in [6.45, 7) is 5.13. The number of piperidine rings is 1. The summed E-state index contributed by atoms with van der Waals surface area (Å²) in [7, 11) is 2.94. The highest BCUT2D eigenvalue weighted by atomic mass is 16.5. The van der Waals surface area contributed by atoms with Crippen molar-refractivity contribution in [2.24, 2.45) is 17.4 Å². The van der Waals surface area contributed by atoms with E-state index in [-0.39, 0.29) is 44.2 Å². The molecule has 2 aromatic rings. The first-order valence-electron chi connectivity index (χ1n) is 17.4. The van der Waals surface area contributed by atoms with Gasteiger partial charge in [-0.1, -0.05) is 74.5 Å². The third-order valence-corrected chi connectivity index (χ3v) is 8.97. The summed E-state index contributed by atoms with van der Waals surface area (Å²) in [6.07, 6.45) is 2.60. The monoisotopic (exact) mass is 693 g/mol. The largest absolute Gasteiger partial charge is 0.468 e. The Morgan fingerprint density at radius 1 is 0.840 bits per heavy atom. The molecule has 50 heavy (non-hydrogen) atoms. The smallest absolute Gasteiger partial charge is 0.325 e. The molecule has 1 fully saturated rings. The number of unbranched alkanes of at least 4 members (excludes halogenated alkanes) is 1. The summed E-state index contributed by atoms with van der Waals surface area (Å²) in [5.41, 5.74) is 12.6. The molecule has 0 unspecified atom stereocenters. The van der Waals surface area contributed by atoms with Crippen molar-refractivity contribution in [1.29, 1.82) is 0 Å². The zero-order valence-electron chi connectivity index (χ0n) is 29.9. The standard InChI is InChI=1S/C37H55N7O6/c1-26(2)23-30(32(45)40-29(17-11-12-20-38)34(47)44-21-18-37(39,19-22-44)35(48)50-4)41-33(46)31(24-27-13-7-5-8-14-27)42-36(49)43(3)25-28-15-9-6-10-16-28/h5-10,13-16,26,29-31H,11-12,17-25,38-39H2,1-4H3,(H,40,45)(H,41,46)(H,42,49)/t29-,30-,31-/m1/s1. The maximum Gasteiger partial charge on any atom is 0.325 e. The molecule has 0 saturated carbocycles. The summed E-state index contributed by atoms with van der Waals surface area (Å²) >= 11 is 0. The van der Waals surface area contributed by atoms with Gasteiger partial charge in [-0.05, 0) is 62.1 Å². The van der Waals surface area contributed by atoms with E-state index in [9.17, 15) is 24.0 Å². The molecule has 1 heterocycles. The second kappa shape index (κ2) is 19.6. The van der Waals surface area contributed by atoms with Crippen LogP contribution in [-0.4, -0.2) is 97.0 Å². The molecule has 5 amide bonds. The number of benzene rings is 2. The average Bonchev–Trinajstić information content (AvgIpc) is 3.10. The van der Waals surface area contributed by atoms with Gasteiger partial charge in [-0.25, -0.2) is 4.79 Å². The number of amides is 5. The molecule has 0 aliphatic carbocycles.